The molecule has 0 fully saturated rings. The lowest BCUT2D eigenvalue weighted by molar-refractivity contribution is 0.0661. The highest BCUT2D eigenvalue weighted by molar-refractivity contribution is 8.00. The normalized spacial score (nSPS) is 10.6. The van der Waals surface area contributed by atoms with Gasteiger partial charge in [0, 0.05) is 22.9 Å². The summed E-state index contributed by atoms with van der Waals surface area (Å²) in [6.07, 6.45) is 1.75. The molecule has 0 atom stereocenters. The third-order valence-electron chi connectivity index (χ3n) is 1.99. The molecule has 0 aliphatic rings. The highest BCUT2D eigenvalue weighted by Gasteiger charge is 2.13. The van der Waals surface area contributed by atoms with Crippen LogP contribution in [-0.2, 0) is 5.75 Å². The van der Waals surface area contributed by atoms with Crippen LogP contribution in [0.4, 0.5) is 0 Å². The SMILES string of the molecule is Cc1oc(C(=O)O)cc1CSc1nccs1. The number of furan rings is 1. The van der Waals surface area contributed by atoms with Gasteiger partial charge in [-0.15, -0.1) is 11.3 Å². The van der Waals surface area contributed by atoms with Crippen molar-refractivity contribution in [2.75, 3.05) is 0 Å². The molecule has 2 aromatic heterocycles. The second-order valence-corrected chi connectivity index (χ2v) is 5.20. The molecule has 2 heterocycles. The van der Waals surface area contributed by atoms with Gasteiger partial charge < -0.3 is 9.52 Å². The minimum Gasteiger partial charge on any atom is -0.475 e. The van der Waals surface area contributed by atoms with E-state index in [4.69, 9.17) is 9.52 Å². The zero-order valence-corrected chi connectivity index (χ0v) is 10.1. The minimum atomic E-state index is -1.03. The van der Waals surface area contributed by atoms with E-state index in [1.807, 2.05) is 5.38 Å². The van der Waals surface area contributed by atoms with Crippen LogP contribution in [0, 0.1) is 6.92 Å². The van der Waals surface area contributed by atoms with Crippen LogP contribution >= 0.6 is 23.1 Å². The van der Waals surface area contributed by atoms with Gasteiger partial charge in [-0.25, -0.2) is 9.78 Å². The average molecular weight is 255 g/mol. The van der Waals surface area contributed by atoms with E-state index < -0.39 is 5.97 Å². The van der Waals surface area contributed by atoms with Crippen molar-refractivity contribution in [3.8, 4) is 0 Å². The summed E-state index contributed by atoms with van der Waals surface area (Å²) >= 11 is 3.14. The fourth-order valence-corrected chi connectivity index (χ4v) is 2.87. The van der Waals surface area contributed by atoms with Gasteiger partial charge in [-0.2, -0.15) is 0 Å². The molecular formula is C10H9NO3S2. The molecular weight excluding hydrogens is 246 g/mol. The predicted octanol–water partition coefficient (Wildman–Crippen LogP) is 3.04. The number of nitrogens with zero attached hydrogens (tertiary/aromatic N) is 1. The van der Waals surface area contributed by atoms with Gasteiger partial charge >= 0.3 is 5.97 Å². The Morgan fingerprint density at radius 3 is 3.06 bits per heavy atom. The summed E-state index contributed by atoms with van der Waals surface area (Å²) in [4.78, 5) is 14.8. The number of carboxylic acid groups (broad SMARTS) is 1. The molecule has 2 rings (SSSR count). The molecule has 0 aliphatic carbocycles. The second kappa shape index (κ2) is 4.71. The summed E-state index contributed by atoms with van der Waals surface area (Å²) in [5.74, 6) is 0.290. The molecule has 0 bridgehead atoms. The topological polar surface area (TPSA) is 63.3 Å². The Bertz CT molecular complexity index is 490. The maximum Gasteiger partial charge on any atom is 0.371 e. The first-order chi connectivity index (χ1) is 7.66. The molecule has 0 saturated carbocycles. The molecule has 0 unspecified atom stereocenters. The molecule has 4 nitrogen and oxygen atoms in total. The number of thioether (sulfide) groups is 1. The van der Waals surface area contributed by atoms with Crippen molar-refractivity contribution in [1.82, 2.24) is 4.98 Å². The third kappa shape index (κ3) is 2.45. The summed E-state index contributed by atoms with van der Waals surface area (Å²) in [5.41, 5.74) is 0.901. The van der Waals surface area contributed by atoms with Gasteiger partial charge in [-0.1, -0.05) is 11.8 Å². The first-order valence-corrected chi connectivity index (χ1v) is 6.38. The number of aromatic carboxylic acids is 1. The Morgan fingerprint density at radius 1 is 1.69 bits per heavy atom. The summed E-state index contributed by atoms with van der Waals surface area (Å²) < 4.78 is 6.09. The molecule has 0 spiro atoms. The molecule has 84 valence electrons. The first-order valence-electron chi connectivity index (χ1n) is 4.51. The highest BCUT2D eigenvalue weighted by Crippen LogP contribution is 2.27. The maximum atomic E-state index is 10.7. The fourth-order valence-electron chi connectivity index (χ4n) is 1.19. The Morgan fingerprint density at radius 2 is 2.50 bits per heavy atom. The van der Waals surface area contributed by atoms with Crippen molar-refractivity contribution in [2.24, 2.45) is 0 Å². The number of carboxylic acids is 1. The van der Waals surface area contributed by atoms with Gasteiger partial charge in [-0.05, 0) is 13.0 Å². The summed E-state index contributed by atoms with van der Waals surface area (Å²) in [6.45, 7) is 1.77. The number of rotatable bonds is 4. The number of hydrogen-bond donors (Lipinski definition) is 1. The number of hydrogen-bond acceptors (Lipinski definition) is 5. The minimum absolute atomic E-state index is 0.00719. The molecule has 6 heteroatoms. The van der Waals surface area contributed by atoms with Crippen molar-refractivity contribution >= 4 is 29.1 Å². The van der Waals surface area contributed by atoms with Gasteiger partial charge in [-0.3, -0.25) is 0 Å². The average Bonchev–Trinajstić information content (AvgIpc) is 2.84. The Kier molecular flexibility index (Phi) is 3.31. The van der Waals surface area contributed by atoms with Crippen LogP contribution in [0.3, 0.4) is 0 Å². The van der Waals surface area contributed by atoms with Crippen LogP contribution in [0.2, 0.25) is 0 Å². The van der Waals surface area contributed by atoms with Gasteiger partial charge in [0.15, 0.2) is 0 Å². The van der Waals surface area contributed by atoms with E-state index in [0.717, 1.165) is 9.90 Å². The largest absolute Gasteiger partial charge is 0.475 e. The number of thiazole rings is 1. The van der Waals surface area contributed by atoms with E-state index in [1.165, 1.54) is 0 Å². The van der Waals surface area contributed by atoms with Crippen LogP contribution < -0.4 is 0 Å². The smallest absolute Gasteiger partial charge is 0.371 e. The van der Waals surface area contributed by atoms with Crippen LogP contribution in [0.15, 0.2) is 26.4 Å². The van der Waals surface area contributed by atoms with Gasteiger partial charge in [0.25, 0.3) is 0 Å². The van der Waals surface area contributed by atoms with Crippen molar-refractivity contribution < 1.29 is 14.3 Å². The van der Waals surface area contributed by atoms with Crippen molar-refractivity contribution in [1.29, 1.82) is 0 Å². The fraction of sp³-hybridized carbons (Fsp3) is 0.200. The Labute approximate surface area is 100 Å². The van der Waals surface area contributed by atoms with Crippen LogP contribution in [-0.4, -0.2) is 16.1 Å². The number of aryl methyl sites for hydroxylation is 1. The van der Waals surface area contributed by atoms with E-state index >= 15 is 0 Å². The zero-order chi connectivity index (χ0) is 11.5. The summed E-state index contributed by atoms with van der Waals surface area (Å²) in [5, 5.41) is 10.7. The number of carbonyl (C=O) groups is 1. The van der Waals surface area contributed by atoms with Crippen molar-refractivity contribution in [3.05, 3.63) is 34.7 Å². The molecule has 2 aromatic rings. The van der Waals surface area contributed by atoms with Crippen LogP contribution in [0.1, 0.15) is 21.9 Å². The lowest BCUT2D eigenvalue weighted by Crippen LogP contribution is -1.91. The van der Waals surface area contributed by atoms with Crippen LogP contribution in [0.5, 0.6) is 0 Å². The van der Waals surface area contributed by atoms with E-state index in [9.17, 15) is 4.79 Å². The van der Waals surface area contributed by atoms with Gasteiger partial charge in [0.1, 0.15) is 10.1 Å². The molecule has 0 aromatic carbocycles. The molecule has 0 aliphatic heterocycles. The standard InChI is InChI=1S/C10H9NO3S2/c1-6-7(4-8(14-6)9(12)13)5-16-10-11-2-3-15-10/h2-4H,5H2,1H3,(H,12,13). The Balaban J connectivity index is 2.07. The Hall–Kier alpha value is -1.27. The van der Waals surface area contributed by atoms with Crippen molar-refractivity contribution in [2.45, 2.75) is 17.0 Å². The lowest BCUT2D eigenvalue weighted by atomic mass is 10.3. The zero-order valence-electron chi connectivity index (χ0n) is 8.47. The quantitative estimate of drug-likeness (QED) is 0.851. The molecule has 0 radical (unpaired) electrons. The second-order valence-electron chi connectivity index (χ2n) is 3.08. The van der Waals surface area contributed by atoms with Gasteiger partial charge in [0.2, 0.25) is 5.76 Å². The molecule has 0 amide bonds. The van der Waals surface area contributed by atoms with E-state index in [-0.39, 0.29) is 5.76 Å². The van der Waals surface area contributed by atoms with Crippen LogP contribution in [0.25, 0.3) is 0 Å². The van der Waals surface area contributed by atoms with E-state index in [2.05, 4.69) is 4.98 Å². The van der Waals surface area contributed by atoms with E-state index in [1.54, 1.807) is 42.3 Å². The number of aromatic nitrogens is 1. The monoisotopic (exact) mass is 255 g/mol. The first kappa shape index (κ1) is 11.2. The lowest BCUT2D eigenvalue weighted by Gasteiger charge is -1.94. The summed E-state index contributed by atoms with van der Waals surface area (Å²) in [6, 6.07) is 1.57. The van der Waals surface area contributed by atoms with Crippen molar-refractivity contribution in [3.63, 3.8) is 0 Å². The molecule has 16 heavy (non-hydrogen) atoms. The predicted molar refractivity (Wildman–Crippen MR) is 62.1 cm³/mol. The summed E-state index contributed by atoms with van der Waals surface area (Å²) in [7, 11) is 0. The van der Waals surface area contributed by atoms with Gasteiger partial charge in [0.05, 0.1) is 0 Å². The molecule has 1 N–H and O–H groups in total. The molecule has 0 saturated heterocycles. The highest BCUT2D eigenvalue weighted by atomic mass is 32.2. The maximum absolute atomic E-state index is 10.7. The third-order valence-corrected chi connectivity index (χ3v) is 4.01. The van der Waals surface area contributed by atoms with E-state index in [0.29, 0.717) is 11.5 Å².